The molecule has 2 aromatic rings. The fraction of sp³-hybridized carbons (Fsp3) is 0. The highest BCUT2D eigenvalue weighted by molar-refractivity contribution is 6.33. The van der Waals surface area contributed by atoms with Crippen LogP contribution < -0.4 is 5.56 Å². The molecule has 2 aromatic heterocycles. The predicted molar refractivity (Wildman–Crippen MR) is 45.1 cm³/mol. The van der Waals surface area contributed by atoms with Gasteiger partial charge in [0.05, 0.1) is 12.5 Å². The molecular formula is C7H3ClFN3O. The molecule has 0 saturated heterocycles. The third-order valence-corrected chi connectivity index (χ3v) is 1.86. The number of aromatic amines is 1. The third-order valence-electron chi connectivity index (χ3n) is 1.58. The van der Waals surface area contributed by atoms with Gasteiger partial charge in [0.1, 0.15) is 10.9 Å². The molecule has 2 rings (SSSR count). The van der Waals surface area contributed by atoms with Crippen molar-refractivity contribution in [1.29, 1.82) is 0 Å². The van der Waals surface area contributed by atoms with Crippen molar-refractivity contribution in [1.82, 2.24) is 15.0 Å². The minimum absolute atomic E-state index is 0.0162. The predicted octanol–water partition coefficient (Wildman–Crippen LogP) is 1.11. The van der Waals surface area contributed by atoms with Gasteiger partial charge < -0.3 is 4.98 Å². The van der Waals surface area contributed by atoms with Crippen molar-refractivity contribution in [3.63, 3.8) is 0 Å². The molecule has 0 aliphatic rings. The summed E-state index contributed by atoms with van der Waals surface area (Å²) < 4.78 is 13.0. The Bertz CT molecular complexity index is 525. The van der Waals surface area contributed by atoms with Gasteiger partial charge in [0.25, 0.3) is 5.56 Å². The number of halogens is 2. The normalized spacial score (nSPS) is 10.6. The Balaban J connectivity index is 3.09. The zero-order valence-electron chi connectivity index (χ0n) is 6.21. The van der Waals surface area contributed by atoms with E-state index in [1.165, 1.54) is 0 Å². The zero-order chi connectivity index (χ0) is 9.42. The quantitative estimate of drug-likeness (QED) is 0.647. The van der Waals surface area contributed by atoms with Gasteiger partial charge in [0.15, 0.2) is 11.0 Å². The lowest BCUT2D eigenvalue weighted by Crippen LogP contribution is -2.08. The first-order valence-electron chi connectivity index (χ1n) is 3.37. The van der Waals surface area contributed by atoms with Crippen LogP contribution in [-0.4, -0.2) is 15.0 Å². The summed E-state index contributed by atoms with van der Waals surface area (Å²) in [7, 11) is 0. The molecule has 0 bridgehead atoms. The Morgan fingerprint density at radius 1 is 1.46 bits per heavy atom. The number of rotatable bonds is 0. The minimum atomic E-state index is -0.728. The largest absolute Gasteiger partial charge is 0.313 e. The second-order valence-corrected chi connectivity index (χ2v) is 2.71. The lowest BCUT2D eigenvalue weighted by molar-refractivity contribution is 0.632. The Kier molecular flexibility index (Phi) is 1.73. The molecule has 0 spiro atoms. The van der Waals surface area contributed by atoms with Crippen LogP contribution in [0, 0.1) is 5.82 Å². The van der Waals surface area contributed by atoms with Crippen molar-refractivity contribution >= 4 is 22.5 Å². The first-order chi connectivity index (χ1) is 6.20. The molecule has 0 atom stereocenters. The Hall–Kier alpha value is -1.49. The molecule has 0 radical (unpaired) electrons. The topological polar surface area (TPSA) is 58.6 Å². The van der Waals surface area contributed by atoms with E-state index in [9.17, 15) is 9.18 Å². The third kappa shape index (κ3) is 1.17. The summed E-state index contributed by atoms with van der Waals surface area (Å²) in [6.07, 6.45) is 2.04. The molecule has 0 aliphatic carbocycles. The summed E-state index contributed by atoms with van der Waals surface area (Å²) in [5.41, 5.74) is -0.489. The Labute approximate surface area is 76.4 Å². The van der Waals surface area contributed by atoms with Crippen LogP contribution in [0.2, 0.25) is 5.15 Å². The van der Waals surface area contributed by atoms with Crippen LogP contribution in [0.15, 0.2) is 17.3 Å². The second kappa shape index (κ2) is 2.77. The average molecular weight is 200 g/mol. The number of nitrogens with zero attached hydrogens (tertiary/aromatic N) is 2. The Morgan fingerprint density at radius 3 is 2.92 bits per heavy atom. The van der Waals surface area contributed by atoms with Crippen LogP contribution in [0.4, 0.5) is 4.39 Å². The summed E-state index contributed by atoms with van der Waals surface area (Å²) in [5, 5.41) is -0.148. The van der Waals surface area contributed by atoms with E-state index in [2.05, 4.69) is 15.0 Å². The summed E-state index contributed by atoms with van der Waals surface area (Å²) in [5.74, 6) is -0.728. The van der Waals surface area contributed by atoms with Gasteiger partial charge in [0, 0.05) is 0 Å². The van der Waals surface area contributed by atoms with Crippen molar-refractivity contribution in [2.45, 2.75) is 0 Å². The van der Waals surface area contributed by atoms with Gasteiger partial charge in [-0.05, 0) is 0 Å². The number of hydrogen-bond acceptors (Lipinski definition) is 3. The lowest BCUT2D eigenvalue weighted by Gasteiger charge is -1.97. The van der Waals surface area contributed by atoms with Crippen molar-refractivity contribution in [3.05, 3.63) is 33.8 Å². The summed E-state index contributed by atoms with van der Waals surface area (Å²) >= 11 is 5.61. The maximum absolute atomic E-state index is 13.0. The van der Waals surface area contributed by atoms with E-state index < -0.39 is 11.4 Å². The summed E-state index contributed by atoms with van der Waals surface area (Å²) in [6, 6.07) is 0. The van der Waals surface area contributed by atoms with E-state index in [-0.39, 0.29) is 16.1 Å². The molecule has 0 unspecified atom stereocenters. The van der Waals surface area contributed by atoms with Gasteiger partial charge in [0.2, 0.25) is 0 Å². The van der Waals surface area contributed by atoms with Gasteiger partial charge in [-0.3, -0.25) is 4.79 Å². The highest BCUT2D eigenvalue weighted by Crippen LogP contribution is 2.17. The highest BCUT2D eigenvalue weighted by Gasteiger charge is 2.09. The fourth-order valence-electron chi connectivity index (χ4n) is 1.02. The lowest BCUT2D eigenvalue weighted by atomic mass is 10.3. The van der Waals surface area contributed by atoms with Crippen LogP contribution in [0.5, 0.6) is 0 Å². The van der Waals surface area contributed by atoms with Crippen LogP contribution in [0.1, 0.15) is 0 Å². The van der Waals surface area contributed by atoms with E-state index in [0.717, 1.165) is 12.5 Å². The molecule has 66 valence electrons. The number of fused-ring (bicyclic) bond motifs is 1. The van der Waals surface area contributed by atoms with Crippen molar-refractivity contribution in [2.24, 2.45) is 0 Å². The van der Waals surface area contributed by atoms with E-state index in [0.29, 0.717) is 0 Å². The summed E-state index contributed by atoms with van der Waals surface area (Å²) in [4.78, 5) is 20.6. The molecular weight excluding hydrogens is 197 g/mol. The maximum Gasteiger partial charge on any atom is 0.261 e. The molecule has 6 heteroatoms. The molecule has 0 fully saturated rings. The molecule has 0 aliphatic heterocycles. The maximum atomic E-state index is 13.0. The van der Waals surface area contributed by atoms with Crippen LogP contribution >= 0.6 is 11.6 Å². The van der Waals surface area contributed by atoms with Gasteiger partial charge >= 0.3 is 0 Å². The van der Waals surface area contributed by atoms with Gasteiger partial charge in [-0.2, -0.15) is 0 Å². The highest BCUT2D eigenvalue weighted by atomic mass is 35.5. The van der Waals surface area contributed by atoms with Crippen molar-refractivity contribution in [3.8, 4) is 0 Å². The average Bonchev–Trinajstić information content (AvgIpc) is 2.12. The van der Waals surface area contributed by atoms with Crippen LogP contribution in [0.3, 0.4) is 0 Å². The smallest absolute Gasteiger partial charge is 0.261 e. The zero-order valence-corrected chi connectivity index (χ0v) is 6.97. The molecule has 0 aromatic carbocycles. The number of H-pyrrole nitrogens is 1. The SMILES string of the molecule is O=c1[nH]cnc2c(Cl)ncc(F)c12. The van der Waals surface area contributed by atoms with Gasteiger partial charge in [-0.15, -0.1) is 0 Å². The molecule has 1 N–H and O–H groups in total. The van der Waals surface area contributed by atoms with E-state index in [1.807, 2.05) is 0 Å². The van der Waals surface area contributed by atoms with E-state index in [1.54, 1.807) is 0 Å². The standard InChI is InChI=1S/C7H3ClFN3O/c8-6-5-4(3(9)1-10-6)7(13)12-2-11-5/h1-2H,(H,11,12,13). The molecule has 13 heavy (non-hydrogen) atoms. The molecule has 4 nitrogen and oxygen atoms in total. The minimum Gasteiger partial charge on any atom is -0.313 e. The number of aromatic nitrogens is 3. The molecule has 0 saturated carbocycles. The first kappa shape index (κ1) is 8.12. The summed E-state index contributed by atoms with van der Waals surface area (Å²) in [6.45, 7) is 0. The fourth-order valence-corrected chi connectivity index (χ4v) is 1.21. The number of hydrogen-bond donors (Lipinski definition) is 1. The Morgan fingerprint density at radius 2 is 2.23 bits per heavy atom. The van der Waals surface area contributed by atoms with E-state index in [4.69, 9.17) is 11.6 Å². The van der Waals surface area contributed by atoms with Crippen LogP contribution in [0.25, 0.3) is 10.9 Å². The van der Waals surface area contributed by atoms with Gasteiger partial charge in [-0.1, -0.05) is 11.6 Å². The number of nitrogens with one attached hydrogen (secondary N) is 1. The monoisotopic (exact) mass is 199 g/mol. The second-order valence-electron chi connectivity index (χ2n) is 2.35. The van der Waals surface area contributed by atoms with Gasteiger partial charge in [-0.25, -0.2) is 14.4 Å². The van der Waals surface area contributed by atoms with E-state index >= 15 is 0 Å². The number of pyridine rings is 1. The first-order valence-corrected chi connectivity index (χ1v) is 3.75. The van der Waals surface area contributed by atoms with Crippen molar-refractivity contribution in [2.75, 3.05) is 0 Å². The molecule has 2 heterocycles. The van der Waals surface area contributed by atoms with Crippen LogP contribution in [-0.2, 0) is 0 Å². The molecule has 0 amide bonds. The van der Waals surface area contributed by atoms with Crippen molar-refractivity contribution < 1.29 is 4.39 Å².